The summed E-state index contributed by atoms with van der Waals surface area (Å²) in [4.78, 5) is 17.7. The Hall–Kier alpha value is -1.82. The van der Waals surface area contributed by atoms with Crippen molar-refractivity contribution < 1.29 is 14.3 Å². The molecule has 1 fully saturated rings. The average molecular weight is 279 g/mol. The molecule has 2 N–H and O–H groups in total. The van der Waals surface area contributed by atoms with E-state index in [0.717, 1.165) is 5.56 Å². The number of nitrogens with two attached hydrogens (primary N) is 1. The highest BCUT2D eigenvalue weighted by Gasteiger charge is 2.29. The van der Waals surface area contributed by atoms with Crippen LogP contribution >= 0.6 is 0 Å². The number of nitrogen functional groups attached to an aromatic ring is 1. The summed E-state index contributed by atoms with van der Waals surface area (Å²) in [5.74, 6) is 0. The van der Waals surface area contributed by atoms with Gasteiger partial charge in [0, 0.05) is 18.3 Å². The molecule has 1 aromatic heterocycles. The molecule has 0 radical (unpaired) electrons. The van der Waals surface area contributed by atoms with Crippen molar-refractivity contribution in [2.24, 2.45) is 0 Å². The second-order valence-corrected chi connectivity index (χ2v) is 5.79. The molecule has 0 aliphatic carbocycles. The molecule has 1 saturated heterocycles. The molecule has 0 bridgehead atoms. The van der Waals surface area contributed by atoms with Gasteiger partial charge in [0.25, 0.3) is 0 Å². The lowest BCUT2D eigenvalue weighted by Gasteiger charge is -2.34. The van der Waals surface area contributed by atoms with Crippen LogP contribution in [0.1, 0.15) is 32.4 Å². The minimum Gasteiger partial charge on any atom is -0.444 e. The molecule has 2 heterocycles. The van der Waals surface area contributed by atoms with Crippen LogP contribution in [0.2, 0.25) is 0 Å². The fraction of sp³-hybridized carbons (Fsp3) is 0.571. The number of hydrogen-bond acceptors (Lipinski definition) is 5. The molecule has 6 nitrogen and oxygen atoms in total. The lowest BCUT2D eigenvalue weighted by atomic mass is 10.1. The third kappa shape index (κ3) is 3.60. The molecular formula is C14H21N3O3. The Labute approximate surface area is 118 Å². The minimum atomic E-state index is -0.499. The van der Waals surface area contributed by atoms with Crippen molar-refractivity contribution in [3.8, 4) is 0 Å². The topological polar surface area (TPSA) is 77.7 Å². The van der Waals surface area contributed by atoms with Gasteiger partial charge in [-0.25, -0.2) is 4.79 Å². The number of rotatable bonds is 1. The predicted molar refractivity (Wildman–Crippen MR) is 75.1 cm³/mol. The van der Waals surface area contributed by atoms with E-state index in [1.807, 2.05) is 26.8 Å². The molecular weight excluding hydrogens is 258 g/mol. The Bertz CT molecular complexity index is 485. The van der Waals surface area contributed by atoms with Crippen LogP contribution in [0.15, 0.2) is 18.5 Å². The van der Waals surface area contributed by atoms with Gasteiger partial charge in [-0.15, -0.1) is 0 Å². The zero-order chi connectivity index (χ0) is 14.8. The first kappa shape index (κ1) is 14.6. The van der Waals surface area contributed by atoms with E-state index in [-0.39, 0.29) is 12.2 Å². The third-order valence-corrected chi connectivity index (χ3v) is 2.95. The Morgan fingerprint density at radius 3 is 2.95 bits per heavy atom. The number of carbonyl (C=O) groups is 1. The molecule has 20 heavy (non-hydrogen) atoms. The van der Waals surface area contributed by atoms with Gasteiger partial charge in [0.2, 0.25) is 0 Å². The lowest BCUT2D eigenvalue weighted by molar-refractivity contribution is -0.0430. The summed E-state index contributed by atoms with van der Waals surface area (Å²) in [6.45, 7) is 6.97. The van der Waals surface area contributed by atoms with Crippen molar-refractivity contribution in [1.82, 2.24) is 9.88 Å². The van der Waals surface area contributed by atoms with Crippen LogP contribution in [0.3, 0.4) is 0 Å². The predicted octanol–water partition coefficient (Wildman–Crippen LogP) is 1.97. The van der Waals surface area contributed by atoms with Crippen LogP contribution in [0.4, 0.5) is 10.5 Å². The zero-order valence-corrected chi connectivity index (χ0v) is 12.1. The van der Waals surface area contributed by atoms with Gasteiger partial charge < -0.3 is 20.1 Å². The zero-order valence-electron chi connectivity index (χ0n) is 12.1. The second kappa shape index (κ2) is 5.66. The fourth-order valence-corrected chi connectivity index (χ4v) is 2.04. The molecule has 1 aliphatic rings. The van der Waals surface area contributed by atoms with E-state index in [9.17, 15) is 4.79 Å². The Morgan fingerprint density at radius 1 is 1.55 bits per heavy atom. The van der Waals surface area contributed by atoms with Crippen LogP contribution in [-0.2, 0) is 9.47 Å². The number of nitrogens with zero attached hydrogens (tertiary/aromatic N) is 2. The molecule has 1 aliphatic heterocycles. The van der Waals surface area contributed by atoms with Crippen molar-refractivity contribution >= 4 is 11.8 Å². The number of hydrogen-bond donors (Lipinski definition) is 1. The summed E-state index contributed by atoms with van der Waals surface area (Å²) in [5.41, 5.74) is 6.83. The molecule has 1 aromatic rings. The lowest BCUT2D eigenvalue weighted by Crippen LogP contribution is -2.44. The summed E-state index contributed by atoms with van der Waals surface area (Å²) in [6, 6.07) is 1.82. The van der Waals surface area contributed by atoms with Gasteiger partial charge in [-0.3, -0.25) is 4.98 Å². The van der Waals surface area contributed by atoms with Crippen LogP contribution < -0.4 is 5.73 Å². The highest BCUT2D eigenvalue weighted by atomic mass is 16.6. The molecule has 110 valence electrons. The maximum absolute atomic E-state index is 12.1. The molecule has 0 saturated carbocycles. The monoisotopic (exact) mass is 279 g/mol. The third-order valence-electron chi connectivity index (χ3n) is 2.95. The van der Waals surface area contributed by atoms with E-state index >= 15 is 0 Å². The van der Waals surface area contributed by atoms with Gasteiger partial charge in [0.1, 0.15) is 11.7 Å². The largest absolute Gasteiger partial charge is 0.444 e. The van der Waals surface area contributed by atoms with E-state index in [1.54, 1.807) is 17.3 Å². The summed E-state index contributed by atoms with van der Waals surface area (Å²) >= 11 is 0. The molecule has 1 amide bonds. The highest BCUT2D eigenvalue weighted by molar-refractivity contribution is 5.68. The Kier molecular flexibility index (Phi) is 4.13. The maximum atomic E-state index is 12.1. The average Bonchev–Trinajstić information content (AvgIpc) is 2.37. The maximum Gasteiger partial charge on any atom is 0.410 e. The van der Waals surface area contributed by atoms with Crippen LogP contribution in [0.5, 0.6) is 0 Å². The van der Waals surface area contributed by atoms with E-state index < -0.39 is 5.60 Å². The summed E-state index contributed by atoms with van der Waals surface area (Å²) in [7, 11) is 0. The summed E-state index contributed by atoms with van der Waals surface area (Å²) < 4.78 is 11.1. The number of aromatic nitrogens is 1. The normalized spacial score (nSPS) is 19.8. The van der Waals surface area contributed by atoms with Gasteiger partial charge in [0.15, 0.2) is 0 Å². The van der Waals surface area contributed by atoms with Crippen LogP contribution in [0.25, 0.3) is 0 Å². The fourth-order valence-electron chi connectivity index (χ4n) is 2.04. The van der Waals surface area contributed by atoms with E-state index in [2.05, 4.69) is 4.98 Å². The summed E-state index contributed by atoms with van der Waals surface area (Å²) in [5, 5.41) is 0. The molecule has 2 rings (SSSR count). The SMILES string of the molecule is CC(C)(C)OC(=O)N1CCOC(c2ccncc2N)C1. The van der Waals surface area contributed by atoms with Crippen molar-refractivity contribution in [1.29, 1.82) is 0 Å². The number of anilines is 1. The van der Waals surface area contributed by atoms with Gasteiger partial charge in [-0.2, -0.15) is 0 Å². The highest BCUT2D eigenvalue weighted by Crippen LogP contribution is 2.26. The van der Waals surface area contributed by atoms with Crippen LogP contribution in [0, 0.1) is 0 Å². The standard InChI is InChI=1S/C14H21N3O3/c1-14(2,3)20-13(18)17-6-7-19-12(9-17)10-4-5-16-8-11(10)15/h4-5,8,12H,6-7,9,15H2,1-3H3. The summed E-state index contributed by atoms with van der Waals surface area (Å²) in [6.07, 6.45) is 2.70. The quantitative estimate of drug-likeness (QED) is 0.850. The van der Waals surface area contributed by atoms with Crippen molar-refractivity contribution in [3.05, 3.63) is 24.0 Å². The van der Waals surface area contributed by atoms with E-state index in [1.165, 1.54) is 0 Å². The smallest absolute Gasteiger partial charge is 0.410 e. The number of morpholine rings is 1. The first-order chi connectivity index (χ1) is 9.37. The molecule has 1 atom stereocenters. The van der Waals surface area contributed by atoms with Crippen LogP contribution in [-0.4, -0.2) is 41.3 Å². The first-order valence-corrected chi connectivity index (χ1v) is 6.66. The van der Waals surface area contributed by atoms with Gasteiger partial charge >= 0.3 is 6.09 Å². The van der Waals surface area contributed by atoms with Gasteiger partial charge in [0.05, 0.1) is 25.0 Å². The number of amides is 1. The molecule has 1 unspecified atom stereocenters. The molecule has 0 aromatic carbocycles. The number of ether oxygens (including phenoxy) is 2. The second-order valence-electron chi connectivity index (χ2n) is 5.79. The molecule has 0 spiro atoms. The first-order valence-electron chi connectivity index (χ1n) is 6.66. The van der Waals surface area contributed by atoms with Crippen molar-refractivity contribution in [2.45, 2.75) is 32.5 Å². The molecule has 6 heteroatoms. The number of pyridine rings is 1. The Morgan fingerprint density at radius 2 is 2.30 bits per heavy atom. The van der Waals surface area contributed by atoms with Gasteiger partial charge in [-0.1, -0.05) is 0 Å². The van der Waals surface area contributed by atoms with Crippen molar-refractivity contribution in [3.63, 3.8) is 0 Å². The van der Waals surface area contributed by atoms with Gasteiger partial charge in [-0.05, 0) is 26.8 Å². The van der Waals surface area contributed by atoms with Crippen molar-refractivity contribution in [2.75, 3.05) is 25.4 Å². The van der Waals surface area contributed by atoms with E-state index in [0.29, 0.717) is 25.4 Å². The van der Waals surface area contributed by atoms with E-state index in [4.69, 9.17) is 15.2 Å². The minimum absolute atomic E-state index is 0.237. The number of carbonyl (C=O) groups excluding carboxylic acids is 1. The Balaban J connectivity index is 2.06.